The molecule has 32 heteroatoms. The Balaban J connectivity index is 0.000000609. The smallest absolute Gasteiger partial charge is 0.475 e. The third kappa shape index (κ3) is 13.4. The number of hydrogen-bond donors (Lipinski definition) is 12. The predicted octanol–water partition coefficient (Wildman–Crippen LogP) is 0.547. The third-order valence-corrected chi connectivity index (χ3v) is 7.03. The van der Waals surface area contributed by atoms with Gasteiger partial charge in [-0.2, -0.15) is 66.2 Å². The van der Waals surface area contributed by atoms with Crippen LogP contribution in [-0.2, 0) is 19.2 Å². The molecule has 0 fully saturated rings. The van der Waals surface area contributed by atoms with Crippen molar-refractivity contribution in [3.63, 3.8) is 0 Å². The van der Waals surface area contributed by atoms with Gasteiger partial charge in [0.05, 0.1) is 0 Å². The number of benzene rings is 1. The first-order valence-corrected chi connectivity index (χ1v) is 16.5. The molecule has 2 amide bonds. The number of aromatic nitrogens is 6. The molecule has 328 valence electrons. The van der Waals surface area contributed by atoms with Crippen molar-refractivity contribution < 1.29 is 55.7 Å². The number of guanidine groups is 4. The van der Waals surface area contributed by atoms with Crippen molar-refractivity contribution in [3.8, 4) is 0 Å². The number of alkyl halides is 6. The number of nitrogens with one attached hydrogen (secondary N) is 6. The van der Waals surface area contributed by atoms with Gasteiger partial charge < -0.3 is 43.8 Å². The zero-order chi connectivity index (χ0) is 46.1. The summed E-state index contributed by atoms with van der Waals surface area (Å²) in [6.45, 7) is 5.52. The van der Waals surface area contributed by atoms with E-state index in [0.717, 1.165) is 0 Å². The summed E-state index contributed by atoms with van der Waals surface area (Å²) >= 11 is 0. The average molecular weight is 873 g/mol. The van der Waals surface area contributed by atoms with Gasteiger partial charge in [-0.25, -0.2) is 9.59 Å². The molecule has 26 nitrogen and oxygen atoms in total. The number of rotatable bonds is 10. The molecular weight excluding hydrogens is 838 g/mol. The minimum absolute atomic E-state index is 0.00534. The number of halogens is 6. The first-order valence-electron chi connectivity index (χ1n) is 16.5. The fraction of sp³-hybridized carbons (Fsp3) is 0.310. The van der Waals surface area contributed by atoms with Gasteiger partial charge in [-0.05, 0) is 43.5 Å². The van der Waals surface area contributed by atoms with Gasteiger partial charge in [-0.15, -0.1) is 0 Å². The van der Waals surface area contributed by atoms with Crippen molar-refractivity contribution in [1.29, 1.82) is 10.8 Å². The van der Waals surface area contributed by atoms with Crippen molar-refractivity contribution in [2.75, 3.05) is 31.1 Å². The molecule has 0 saturated carbocycles. The van der Waals surface area contributed by atoms with Crippen LogP contribution in [0.2, 0.25) is 0 Å². The number of carbonyl (C=O) groups excluding carboxylic acids is 2. The van der Waals surface area contributed by atoms with Crippen molar-refractivity contribution >= 4 is 94.7 Å². The minimum Gasteiger partial charge on any atom is -0.475 e. The summed E-state index contributed by atoms with van der Waals surface area (Å²) in [7, 11) is 0. The van der Waals surface area contributed by atoms with Gasteiger partial charge in [0.2, 0.25) is 47.6 Å². The zero-order valence-electron chi connectivity index (χ0n) is 31.3. The lowest BCUT2D eigenvalue weighted by molar-refractivity contribution is -0.193. The van der Waals surface area contributed by atoms with Crippen LogP contribution < -0.4 is 54.0 Å². The van der Waals surface area contributed by atoms with E-state index in [1.165, 1.54) is 9.80 Å². The van der Waals surface area contributed by atoms with Gasteiger partial charge >= 0.3 is 24.3 Å². The van der Waals surface area contributed by atoms with Crippen LogP contribution in [0.25, 0.3) is 0 Å². The number of carboxylic acid groups (broad SMARTS) is 2. The topological polar surface area (TPSA) is 417 Å². The van der Waals surface area contributed by atoms with E-state index in [4.69, 9.17) is 53.6 Å². The Hall–Kier alpha value is -8.22. The van der Waals surface area contributed by atoms with Crippen LogP contribution in [0.3, 0.4) is 0 Å². The highest BCUT2D eigenvalue weighted by Gasteiger charge is 2.40. The van der Waals surface area contributed by atoms with Gasteiger partial charge in [-0.3, -0.25) is 40.8 Å². The Morgan fingerprint density at radius 1 is 0.705 bits per heavy atom. The molecule has 2 aliphatic heterocycles. The standard InChI is InChI=1S/C25H32N20O2.2C2HF3O2/c1-9(2)8-13-15(47)35-19(31)45(13)25-41-21(39-23(43-25)37-17(28)29)33-12-6-4-11(5-7-12)32-20-38-22(36-16(26)27)42-24(40-20)44-10(3)14(46)34-18(44)30;2*3-2(4,5)1(6)7/h4-7,9-10,13H,8H2,1-3H3,(H2,30,34,46)(H2,31,35,47)(H5,26,27,32,36,38,40,42)(H5,28,29,33,37,39,41,43);2*(H,6,7). The number of aliphatic carboxylic acids is 2. The molecular formula is C29H34F6N20O6. The Morgan fingerprint density at radius 3 is 1.38 bits per heavy atom. The Kier molecular flexibility index (Phi) is 14.7. The number of nitrogens with zero attached hydrogens (tertiary/aromatic N) is 10. The van der Waals surface area contributed by atoms with E-state index in [0.29, 0.717) is 17.8 Å². The van der Waals surface area contributed by atoms with E-state index in [-0.39, 0.29) is 53.5 Å². The lowest BCUT2D eigenvalue weighted by atomic mass is 10.0. The van der Waals surface area contributed by atoms with Gasteiger partial charge in [0.15, 0.2) is 11.9 Å². The van der Waals surface area contributed by atoms with Crippen molar-refractivity contribution in [1.82, 2.24) is 29.9 Å². The fourth-order valence-electron chi connectivity index (χ4n) is 4.56. The summed E-state index contributed by atoms with van der Waals surface area (Å²) in [6, 6.07) is 5.33. The molecule has 5 rings (SSSR count). The zero-order valence-corrected chi connectivity index (χ0v) is 31.3. The molecule has 1 aromatic carbocycles. The number of aliphatic imine (C=N–C) groups is 2. The molecule has 0 spiro atoms. The highest BCUT2D eigenvalue weighted by molar-refractivity contribution is 6.12. The van der Waals surface area contributed by atoms with E-state index in [1.807, 2.05) is 13.8 Å². The normalized spacial score (nSPS) is 16.0. The van der Waals surface area contributed by atoms with Crippen molar-refractivity contribution in [2.24, 2.45) is 38.8 Å². The molecule has 0 saturated heterocycles. The van der Waals surface area contributed by atoms with E-state index >= 15 is 0 Å². The Bertz CT molecular complexity index is 2210. The van der Waals surface area contributed by atoms with Crippen LogP contribution in [0.15, 0.2) is 34.3 Å². The summed E-state index contributed by atoms with van der Waals surface area (Å²) in [5, 5.41) is 40.5. The Labute approximate surface area is 337 Å². The number of nitrogens with two attached hydrogens (primary N) is 4. The number of hydrogen-bond acceptors (Lipinski definition) is 18. The maximum absolute atomic E-state index is 12.6. The number of amides is 2. The second-order valence-electron chi connectivity index (χ2n) is 12.3. The lowest BCUT2D eigenvalue weighted by Crippen LogP contribution is -2.44. The fourth-order valence-corrected chi connectivity index (χ4v) is 4.56. The van der Waals surface area contributed by atoms with Crippen LogP contribution in [0.1, 0.15) is 27.2 Å². The SMILES string of the molecule is CC(C)CC1C(=O)N=C(N)N1c1nc(NC(=N)N)nc(Nc2ccc(Nc3nc(NC(=N)N)nc(N4C(N)=NC(=O)C4C)n3)cc2)n1.O=C(O)C(F)(F)F.O=C(O)C(F)(F)F. The number of carboxylic acids is 2. The highest BCUT2D eigenvalue weighted by Crippen LogP contribution is 2.27. The highest BCUT2D eigenvalue weighted by atomic mass is 19.4. The number of carbonyl (C=O) groups is 4. The molecule has 0 aliphatic carbocycles. The van der Waals surface area contributed by atoms with Crippen molar-refractivity contribution in [3.05, 3.63) is 24.3 Å². The summed E-state index contributed by atoms with van der Waals surface area (Å²) < 4.78 is 63.5. The second kappa shape index (κ2) is 19.0. The maximum atomic E-state index is 12.6. The van der Waals surface area contributed by atoms with Gasteiger partial charge in [0, 0.05) is 11.4 Å². The molecule has 2 aromatic heterocycles. The summed E-state index contributed by atoms with van der Waals surface area (Å²) in [5.41, 5.74) is 24.1. The summed E-state index contributed by atoms with van der Waals surface area (Å²) in [6.07, 6.45) is -9.72. The van der Waals surface area contributed by atoms with E-state index in [9.17, 15) is 35.9 Å². The maximum Gasteiger partial charge on any atom is 0.490 e. The molecule has 2 atom stereocenters. The minimum atomic E-state index is -5.08. The molecule has 2 aliphatic rings. The molecule has 3 aromatic rings. The molecule has 0 bridgehead atoms. The third-order valence-electron chi connectivity index (χ3n) is 7.03. The second-order valence-corrected chi connectivity index (χ2v) is 12.3. The quantitative estimate of drug-likeness (QED) is 0.0751. The Morgan fingerprint density at radius 2 is 1.05 bits per heavy atom. The van der Waals surface area contributed by atoms with E-state index in [1.54, 1.807) is 31.2 Å². The summed E-state index contributed by atoms with van der Waals surface area (Å²) in [5.74, 6) is -7.19. The average Bonchev–Trinajstić information content (AvgIpc) is 3.53. The van der Waals surface area contributed by atoms with E-state index < -0.39 is 60.1 Å². The van der Waals surface area contributed by atoms with Gasteiger partial charge in [0.25, 0.3) is 11.8 Å². The van der Waals surface area contributed by atoms with Crippen LogP contribution in [0, 0.1) is 16.7 Å². The summed E-state index contributed by atoms with van der Waals surface area (Å²) in [4.78, 5) is 78.6. The van der Waals surface area contributed by atoms with Crippen LogP contribution in [0.4, 0.5) is 73.4 Å². The molecule has 16 N–H and O–H groups in total. The van der Waals surface area contributed by atoms with Gasteiger partial charge in [0.1, 0.15) is 12.1 Å². The monoisotopic (exact) mass is 872 g/mol. The molecule has 4 heterocycles. The molecule has 2 unspecified atom stereocenters. The van der Waals surface area contributed by atoms with Crippen molar-refractivity contribution in [2.45, 2.75) is 51.6 Å². The van der Waals surface area contributed by atoms with Gasteiger partial charge in [-0.1, -0.05) is 13.8 Å². The number of anilines is 8. The lowest BCUT2D eigenvalue weighted by Gasteiger charge is -2.24. The largest absolute Gasteiger partial charge is 0.490 e. The van der Waals surface area contributed by atoms with E-state index in [2.05, 4.69) is 61.2 Å². The first kappa shape index (κ1) is 47.2. The predicted molar refractivity (Wildman–Crippen MR) is 202 cm³/mol. The van der Waals surface area contributed by atoms with Crippen LogP contribution in [0.5, 0.6) is 0 Å². The van der Waals surface area contributed by atoms with Crippen LogP contribution in [-0.4, -0.2) is 112 Å². The first-order chi connectivity index (χ1) is 28.2. The molecule has 0 radical (unpaired) electrons. The molecule has 61 heavy (non-hydrogen) atoms. The van der Waals surface area contributed by atoms with Crippen LogP contribution >= 0.6 is 0 Å².